The molecule has 19 heavy (non-hydrogen) atoms. The molecule has 0 aliphatic carbocycles. The molecule has 94 valence electrons. The minimum atomic E-state index is -0.414. The van der Waals surface area contributed by atoms with Crippen molar-refractivity contribution in [2.75, 3.05) is 7.11 Å². The molecule has 0 spiro atoms. The number of benzene rings is 2. The fourth-order valence-corrected chi connectivity index (χ4v) is 1.88. The fourth-order valence-electron chi connectivity index (χ4n) is 1.88. The van der Waals surface area contributed by atoms with Gasteiger partial charge in [0, 0.05) is 5.56 Å². The van der Waals surface area contributed by atoms with Crippen molar-refractivity contribution in [1.29, 1.82) is 0 Å². The summed E-state index contributed by atoms with van der Waals surface area (Å²) in [4.78, 5) is 16.3. The van der Waals surface area contributed by atoms with Crippen LogP contribution < -0.4 is 10.4 Å². The highest BCUT2D eigenvalue weighted by Gasteiger charge is 2.08. The van der Waals surface area contributed by atoms with Gasteiger partial charge in [-0.05, 0) is 30.3 Å². The monoisotopic (exact) mass is 253 g/mol. The summed E-state index contributed by atoms with van der Waals surface area (Å²) in [5.41, 5.74) is 0.955. The largest absolute Gasteiger partial charge is 0.497 e. The van der Waals surface area contributed by atoms with Crippen molar-refractivity contribution in [3.05, 3.63) is 59.0 Å². The molecule has 4 nitrogen and oxygen atoms in total. The van der Waals surface area contributed by atoms with Crippen molar-refractivity contribution in [1.82, 2.24) is 4.98 Å². The van der Waals surface area contributed by atoms with Crippen LogP contribution in [0.15, 0.2) is 57.7 Å². The van der Waals surface area contributed by atoms with Crippen LogP contribution in [-0.2, 0) is 0 Å². The first kappa shape index (κ1) is 11.5. The van der Waals surface area contributed by atoms with E-state index in [1.54, 1.807) is 25.3 Å². The molecule has 0 radical (unpaired) electrons. The second-order valence-corrected chi connectivity index (χ2v) is 4.06. The van der Waals surface area contributed by atoms with Crippen molar-refractivity contribution in [3.63, 3.8) is 0 Å². The third kappa shape index (κ3) is 2.08. The number of hydrogen-bond acceptors (Lipinski definition) is 4. The first-order chi connectivity index (χ1) is 9.28. The zero-order chi connectivity index (χ0) is 13.2. The molecule has 0 aliphatic rings. The van der Waals surface area contributed by atoms with Gasteiger partial charge < -0.3 is 9.15 Å². The zero-order valence-electron chi connectivity index (χ0n) is 10.3. The van der Waals surface area contributed by atoms with E-state index in [4.69, 9.17) is 9.15 Å². The molecule has 0 N–H and O–H groups in total. The highest BCUT2D eigenvalue weighted by atomic mass is 16.5. The molecule has 1 heterocycles. The van der Waals surface area contributed by atoms with Crippen molar-refractivity contribution in [2.24, 2.45) is 0 Å². The van der Waals surface area contributed by atoms with Gasteiger partial charge in [-0.15, -0.1) is 0 Å². The number of fused-ring (bicyclic) bond motifs is 1. The standard InChI is InChI=1S/C15H11NO3/c1-18-11-7-8-13-12(9-11)15(17)19-14(16-13)10-5-3-2-4-6-10/h2-9H,1H3. The molecule has 0 amide bonds. The maximum absolute atomic E-state index is 12.0. The summed E-state index contributed by atoms with van der Waals surface area (Å²) in [6, 6.07) is 14.5. The van der Waals surface area contributed by atoms with Crippen LogP contribution in [0.4, 0.5) is 0 Å². The second-order valence-electron chi connectivity index (χ2n) is 4.06. The molecule has 0 saturated carbocycles. The van der Waals surface area contributed by atoms with E-state index in [0.29, 0.717) is 22.5 Å². The minimum Gasteiger partial charge on any atom is -0.497 e. The molecule has 3 rings (SSSR count). The molecule has 4 heteroatoms. The van der Waals surface area contributed by atoms with Crippen LogP contribution in [0.2, 0.25) is 0 Å². The number of nitrogens with zero attached hydrogens (tertiary/aromatic N) is 1. The predicted octanol–water partition coefficient (Wildman–Crippen LogP) is 2.86. The molecular formula is C15H11NO3. The molecular weight excluding hydrogens is 242 g/mol. The van der Waals surface area contributed by atoms with Gasteiger partial charge in [-0.3, -0.25) is 0 Å². The van der Waals surface area contributed by atoms with Crippen LogP contribution in [-0.4, -0.2) is 12.1 Å². The van der Waals surface area contributed by atoms with Gasteiger partial charge in [-0.2, -0.15) is 0 Å². The maximum Gasteiger partial charge on any atom is 0.347 e. The van der Waals surface area contributed by atoms with Crippen molar-refractivity contribution >= 4 is 10.9 Å². The lowest BCUT2D eigenvalue weighted by Gasteiger charge is -2.03. The van der Waals surface area contributed by atoms with E-state index in [1.165, 1.54) is 0 Å². The topological polar surface area (TPSA) is 52.3 Å². The van der Waals surface area contributed by atoms with E-state index in [2.05, 4.69) is 4.98 Å². The van der Waals surface area contributed by atoms with E-state index in [0.717, 1.165) is 5.56 Å². The third-order valence-electron chi connectivity index (χ3n) is 2.86. The first-order valence-electron chi connectivity index (χ1n) is 5.82. The Balaban J connectivity index is 2.23. The molecule has 1 aromatic heterocycles. The Bertz CT molecular complexity index is 778. The Labute approximate surface area is 109 Å². The highest BCUT2D eigenvalue weighted by Crippen LogP contribution is 2.20. The number of methoxy groups -OCH3 is 1. The highest BCUT2D eigenvalue weighted by molar-refractivity contribution is 5.80. The average Bonchev–Trinajstić information content (AvgIpc) is 2.48. The minimum absolute atomic E-state index is 0.322. The summed E-state index contributed by atoms with van der Waals surface area (Å²) in [5, 5.41) is 0.416. The van der Waals surface area contributed by atoms with Crippen molar-refractivity contribution in [2.45, 2.75) is 0 Å². The van der Waals surface area contributed by atoms with Gasteiger partial charge >= 0.3 is 5.63 Å². The Morgan fingerprint density at radius 1 is 1.11 bits per heavy atom. The van der Waals surface area contributed by atoms with E-state index in [-0.39, 0.29) is 0 Å². The van der Waals surface area contributed by atoms with Crippen LogP contribution >= 0.6 is 0 Å². The van der Waals surface area contributed by atoms with Crippen LogP contribution in [0.3, 0.4) is 0 Å². The number of aromatic nitrogens is 1. The fraction of sp³-hybridized carbons (Fsp3) is 0.0667. The summed E-state index contributed by atoms with van der Waals surface area (Å²) in [5.74, 6) is 0.928. The molecule has 2 aromatic carbocycles. The summed E-state index contributed by atoms with van der Waals surface area (Å²) in [6.07, 6.45) is 0. The first-order valence-corrected chi connectivity index (χ1v) is 5.82. The van der Waals surface area contributed by atoms with Gasteiger partial charge in [0.2, 0.25) is 5.89 Å². The Kier molecular flexibility index (Phi) is 2.76. The van der Waals surface area contributed by atoms with Crippen molar-refractivity contribution < 1.29 is 9.15 Å². The predicted molar refractivity (Wildman–Crippen MR) is 72.3 cm³/mol. The SMILES string of the molecule is COc1ccc2nc(-c3ccccc3)oc(=O)c2c1. The summed E-state index contributed by atoms with van der Waals surface area (Å²) in [6.45, 7) is 0. The van der Waals surface area contributed by atoms with Crippen LogP contribution in [0.1, 0.15) is 0 Å². The molecule has 0 fully saturated rings. The van der Waals surface area contributed by atoms with E-state index >= 15 is 0 Å². The molecule has 0 atom stereocenters. The molecule has 0 bridgehead atoms. The molecule has 0 unspecified atom stereocenters. The van der Waals surface area contributed by atoms with Crippen LogP contribution in [0, 0.1) is 0 Å². The molecule has 3 aromatic rings. The van der Waals surface area contributed by atoms with E-state index in [1.807, 2.05) is 30.3 Å². The summed E-state index contributed by atoms with van der Waals surface area (Å²) < 4.78 is 10.3. The Morgan fingerprint density at radius 3 is 2.63 bits per heavy atom. The quantitative estimate of drug-likeness (QED) is 0.704. The molecule has 0 aliphatic heterocycles. The number of rotatable bonds is 2. The van der Waals surface area contributed by atoms with Gasteiger partial charge in [0.1, 0.15) is 5.75 Å². The Morgan fingerprint density at radius 2 is 1.89 bits per heavy atom. The van der Waals surface area contributed by atoms with Crippen LogP contribution in [0.25, 0.3) is 22.4 Å². The van der Waals surface area contributed by atoms with Crippen molar-refractivity contribution in [3.8, 4) is 17.2 Å². The lowest BCUT2D eigenvalue weighted by Crippen LogP contribution is -2.03. The Hall–Kier alpha value is -2.62. The van der Waals surface area contributed by atoms with Gasteiger partial charge in [0.25, 0.3) is 0 Å². The van der Waals surface area contributed by atoms with Gasteiger partial charge in [-0.1, -0.05) is 18.2 Å². The van der Waals surface area contributed by atoms with Gasteiger partial charge in [-0.25, -0.2) is 9.78 Å². The van der Waals surface area contributed by atoms with Gasteiger partial charge in [0.15, 0.2) is 0 Å². The zero-order valence-corrected chi connectivity index (χ0v) is 10.3. The number of ether oxygens (including phenoxy) is 1. The lowest BCUT2D eigenvalue weighted by molar-refractivity contribution is 0.415. The molecule has 0 saturated heterocycles. The summed E-state index contributed by atoms with van der Waals surface area (Å²) in [7, 11) is 1.55. The van der Waals surface area contributed by atoms with Gasteiger partial charge in [0.05, 0.1) is 18.0 Å². The van der Waals surface area contributed by atoms with E-state index in [9.17, 15) is 4.79 Å². The third-order valence-corrected chi connectivity index (χ3v) is 2.86. The van der Waals surface area contributed by atoms with E-state index < -0.39 is 5.63 Å². The maximum atomic E-state index is 12.0. The lowest BCUT2D eigenvalue weighted by atomic mass is 10.2. The smallest absolute Gasteiger partial charge is 0.347 e. The second kappa shape index (κ2) is 4.57. The van der Waals surface area contributed by atoms with Crippen LogP contribution in [0.5, 0.6) is 5.75 Å². The average molecular weight is 253 g/mol. The summed E-state index contributed by atoms with van der Waals surface area (Å²) >= 11 is 0. The number of hydrogen-bond donors (Lipinski definition) is 0. The normalized spacial score (nSPS) is 10.6.